The number of likely N-dealkylation sites (N-methyl/N-ethyl adjacent to an activating group) is 1. The number of ether oxygens (including phenoxy) is 3. The summed E-state index contributed by atoms with van der Waals surface area (Å²) < 4.78 is 15.1. The summed E-state index contributed by atoms with van der Waals surface area (Å²) in [6, 6.07) is 5.83. The maximum absolute atomic E-state index is 11.1. The summed E-state index contributed by atoms with van der Waals surface area (Å²) in [5.41, 5.74) is 1.13. The monoisotopic (exact) mass is 267 g/mol. The molecule has 0 aromatic heterocycles. The molecule has 0 amide bonds. The molecule has 5 heteroatoms. The Bertz CT molecular complexity index is 420. The van der Waals surface area contributed by atoms with Crippen molar-refractivity contribution in [2.24, 2.45) is 0 Å². The van der Waals surface area contributed by atoms with Crippen LogP contribution in [0.5, 0.6) is 11.5 Å². The molecule has 0 saturated carbocycles. The zero-order valence-corrected chi connectivity index (χ0v) is 11.9. The maximum atomic E-state index is 11.1. The Hall–Kier alpha value is -1.75. The third-order valence-electron chi connectivity index (χ3n) is 2.86. The predicted octanol–water partition coefficient (Wildman–Crippen LogP) is 1.35. The van der Waals surface area contributed by atoms with E-state index in [0.29, 0.717) is 12.3 Å². The number of nitrogens with zero attached hydrogens (tertiary/aromatic N) is 1. The van der Waals surface area contributed by atoms with Gasteiger partial charge in [-0.1, -0.05) is 6.07 Å². The summed E-state index contributed by atoms with van der Waals surface area (Å²) in [7, 11) is 6.51. The molecule has 0 N–H and O–H groups in total. The molecule has 106 valence electrons. The van der Waals surface area contributed by atoms with Crippen molar-refractivity contribution in [1.29, 1.82) is 0 Å². The van der Waals surface area contributed by atoms with Crippen LogP contribution in [0, 0.1) is 0 Å². The molecule has 1 aromatic rings. The van der Waals surface area contributed by atoms with E-state index in [9.17, 15) is 4.79 Å². The fourth-order valence-electron chi connectivity index (χ4n) is 1.72. The third kappa shape index (κ3) is 4.79. The topological polar surface area (TPSA) is 48.0 Å². The van der Waals surface area contributed by atoms with E-state index in [1.54, 1.807) is 14.2 Å². The first-order valence-electron chi connectivity index (χ1n) is 6.07. The summed E-state index contributed by atoms with van der Waals surface area (Å²) in [5.74, 6) is 1.21. The molecule has 0 aliphatic heterocycles. The van der Waals surface area contributed by atoms with Gasteiger partial charge >= 0.3 is 5.97 Å². The molecule has 0 atom stereocenters. The van der Waals surface area contributed by atoms with Crippen LogP contribution in [-0.4, -0.2) is 52.3 Å². The molecule has 0 radical (unpaired) electrons. The molecule has 1 rings (SSSR count). The second-order valence-electron chi connectivity index (χ2n) is 4.25. The minimum Gasteiger partial charge on any atom is -0.493 e. The van der Waals surface area contributed by atoms with Crippen LogP contribution in [-0.2, 0) is 16.0 Å². The van der Waals surface area contributed by atoms with Gasteiger partial charge in [0, 0.05) is 6.54 Å². The molecule has 0 fully saturated rings. The number of hydrogen-bond acceptors (Lipinski definition) is 5. The van der Waals surface area contributed by atoms with Gasteiger partial charge in [-0.05, 0) is 31.2 Å². The van der Waals surface area contributed by atoms with E-state index in [0.717, 1.165) is 24.3 Å². The van der Waals surface area contributed by atoms with Crippen LogP contribution in [0.2, 0.25) is 0 Å². The van der Waals surface area contributed by atoms with E-state index in [4.69, 9.17) is 9.47 Å². The maximum Gasteiger partial charge on any atom is 0.319 e. The summed E-state index contributed by atoms with van der Waals surface area (Å²) in [6.07, 6.45) is 0.827. The minimum absolute atomic E-state index is 0.227. The SMILES string of the molecule is COC(=O)CN(C)CCc1ccc(OC)c(OC)c1. The predicted molar refractivity (Wildman–Crippen MR) is 72.8 cm³/mol. The molecule has 0 bridgehead atoms. The molecule has 0 unspecified atom stereocenters. The lowest BCUT2D eigenvalue weighted by Crippen LogP contribution is -2.28. The zero-order valence-electron chi connectivity index (χ0n) is 11.9. The molecule has 0 aliphatic rings. The number of carbonyl (C=O) groups is 1. The zero-order chi connectivity index (χ0) is 14.3. The molecular formula is C14H21NO4. The van der Waals surface area contributed by atoms with Crippen LogP contribution in [0.25, 0.3) is 0 Å². The van der Waals surface area contributed by atoms with Gasteiger partial charge in [0.25, 0.3) is 0 Å². The van der Waals surface area contributed by atoms with E-state index in [1.807, 2.05) is 30.1 Å². The van der Waals surface area contributed by atoms with Gasteiger partial charge in [0.2, 0.25) is 0 Å². The smallest absolute Gasteiger partial charge is 0.319 e. The Kier molecular flexibility index (Phi) is 6.15. The lowest BCUT2D eigenvalue weighted by Gasteiger charge is -2.15. The molecule has 19 heavy (non-hydrogen) atoms. The van der Waals surface area contributed by atoms with Crippen molar-refractivity contribution in [3.05, 3.63) is 23.8 Å². The van der Waals surface area contributed by atoms with Crippen LogP contribution in [0.3, 0.4) is 0 Å². The highest BCUT2D eigenvalue weighted by atomic mass is 16.5. The van der Waals surface area contributed by atoms with Gasteiger partial charge in [0.15, 0.2) is 11.5 Å². The highest BCUT2D eigenvalue weighted by Gasteiger charge is 2.08. The van der Waals surface area contributed by atoms with Crippen molar-refractivity contribution in [2.75, 3.05) is 41.5 Å². The van der Waals surface area contributed by atoms with E-state index < -0.39 is 0 Å². The van der Waals surface area contributed by atoms with Crippen molar-refractivity contribution in [2.45, 2.75) is 6.42 Å². The number of rotatable bonds is 7. The standard InChI is InChI=1S/C14H21NO4/c1-15(10-14(16)19-4)8-7-11-5-6-12(17-2)13(9-11)18-3/h5-6,9H,7-8,10H2,1-4H3. The lowest BCUT2D eigenvalue weighted by molar-refractivity contribution is -0.141. The number of carbonyl (C=O) groups excluding carboxylic acids is 1. The lowest BCUT2D eigenvalue weighted by atomic mass is 10.1. The highest BCUT2D eigenvalue weighted by Crippen LogP contribution is 2.27. The van der Waals surface area contributed by atoms with Crippen LogP contribution in [0.4, 0.5) is 0 Å². The third-order valence-corrected chi connectivity index (χ3v) is 2.86. The Morgan fingerprint density at radius 2 is 1.84 bits per heavy atom. The summed E-state index contributed by atoms with van der Waals surface area (Å²) in [4.78, 5) is 13.0. The van der Waals surface area contributed by atoms with Gasteiger partial charge in [-0.25, -0.2) is 0 Å². The van der Waals surface area contributed by atoms with Gasteiger partial charge < -0.3 is 14.2 Å². The Morgan fingerprint density at radius 1 is 1.16 bits per heavy atom. The average Bonchev–Trinajstić information content (AvgIpc) is 2.44. The van der Waals surface area contributed by atoms with Crippen molar-refractivity contribution in [3.8, 4) is 11.5 Å². The number of esters is 1. The largest absolute Gasteiger partial charge is 0.493 e. The van der Waals surface area contributed by atoms with Crippen LogP contribution in [0.15, 0.2) is 18.2 Å². The van der Waals surface area contributed by atoms with Crippen molar-refractivity contribution >= 4 is 5.97 Å². The van der Waals surface area contributed by atoms with Crippen molar-refractivity contribution in [3.63, 3.8) is 0 Å². The summed E-state index contributed by atoms with van der Waals surface area (Å²) in [5, 5.41) is 0. The van der Waals surface area contributed by atoms with Crippen LogP contribution >= 0.6 is 0 Å². The average molecular weight is 267 g/mol. The number of benzene rings is 1. The molecule has 1 aromatic carbocycles. The second kappa shape index (κ2) is 7.63. The fourth-order valence-corrected chi connectivity index (χ4v) is 1.72. The van der Waals surface area contributed by atoms with Gasteiger partial charge in [-0.2, -0.15) is 0 Å². The number of hydrogen-bond donors (Lipinski definition) is 0. The highest BCUT2D eigenvalue weighted by molar-refractivity contribution is 5.71. The quantitative estimate of drug-likeness (QED) is 0.698. The Morgan fingerprint density at radius 3 is 2.42 bits per heavy atom. The fraction of sp³-hybridized carbons (Fsp3) is 0.500. The van der Waals surface area contributed by atoms with Crippen LogP contribution < -0.4 is 9.47 Å². The van der Waals surface area contributed by atoms with Gasteiger partial charge in [0.1, 0.15) is 0 Å². The minimum atomic E-state index is -0.227. The van der Waals surface area contributed by atoms with E-state index >= 15 is 0 Å². The van der Waals surface area contributed by atoms with Gasteiger partial charge in [-0.3, -0.25) is 9.69 Å². The normalized spacial score (nSPS) is 10.4. The van der Waals surface area contributed by atoms with E-state index in [-0.39, 0.29) is 5.97 Å². The van der Waals surface area contributed by atoms with Crippen molar-refractivity contribution < 1.29 is 19.0 Å². The molecule has 0 heterocycles. The van der Waals surface area contributed by atoms with Crippen molar-refractivity contribution in [1.82, 2.24) is 4.90 Å². The van der Waals surface area contributed by atoms with E-state index in [2.05, 4.69) is 4.74 Å². The first-order valence-corrected chi connectivity index (χ1v) is 6.07. The molecular weight excluding hydrogens is 246 g/mol. The first kappa shape index (κ1) is 15.3. The summed E-state index contributed by atoms with van der Waals surface area (Å²) in [6.45, 7) is 1.06. The van der Waals surface area contributed by atoms with Gasteiger partial charge in [0.05, 0.1) is 27.9 Å². The second-order valence-corrected chi connectivity index (χ2v) is 4.25. The first-order chi connectivity index (χ1) is 9.10. The molecule has 0 spiro atoms. The Balaban J connectivity index is 2.55. The summed E-state index contributed by atoms with van der Waals surface area (Å²) >= 11 is 0. The number of methoxy groups -OCH3 is 3. The van der Waals surface area contributed by atoms with Crippen LogP contribution in [0.1, 0.15) is 5.56 Å². The molecule has 0 saturated heterocycles. The van der Waals surface area contributed by atoms with E-state index in [1.165, 1.54) is 7.11 Å². The van der Waals surface area contributed by atoms with Gasteiger partial charge in [-0.15, -0.1) is 0 Å². The molecule has 0 aliphatic carbocycles. The molecule has 5 nitrogen and oxygen atoms in total. The Labute approximate surface area is 114 Å².